The first kappa shape index (κ1) is 13.3. The minimum atomic E-state index is -4.43. The number of alkyl halides is 3. The maximum Gasteiger partial charge on any atom is 0.397 e. The lowest BCUT2D eigenvalue weighted by Gasteiger charge is -2.28. The second-order valence-corrected chi connectivity index (χ2v) is 4.45. The first-order valence-electron chi connectivity index (χ1n) is 4.38. The Bertz CT molecular complexity index is 205. The highest BCUT2D eigenvalue weighted by Crippen LogP contribution is 2.21. The molecule has 0 radical (unpaired) electrons. The summed E-state index contributed by atoms with van der Waals surface area (Å²) in [4.78, 5) is 10.9. The SMILES string of the molecule is C[C@H](NC(=O)CC(F)(F)F)C(C)(C)C. The number of nitrogens with one attached hydrogen (secondary N) is 1. The molecule has 14 heavy (non-hydrogen) atoms. The van der Waals surface area contributed by atoms with Gasteiger partial charge in [0.1, 0.15) is 6.42 Å². The van der Waals surface area contributed by atoms with E-state index in [4.69, 9.17) is 0 Å². The summed E-state index contributed by atoms with van der Waals surface area (Å²) in [6.07, 6.45) is -5.84. The van der Waals surface area contributed by atoms with Gasteiger partial charge in [0.15, 0.2) is 0 Å². The van der Waals surface area contributed by atoms with Crippen molar-refractivity contribution in [1.29, 1.82) is 0 Å². The van der Waals surface area contributed by atoms with Crippen molar-refractivity contribution in [3.05, 3.63) is 0 Å². The fourth-order valence-corrected chi connectivity index (χ4v) is 0.691. The van der Waals surface area contributed by atoms with Crippen LogP contribution >= 0.6 is 0 Å². The van der Waals surface area contributed by atoms with Gasteiger partial charge in [0, 0.05) is 6.04 Å². The Morgan fingerprint density at radius 2 is 1.71 bits per heavy atom. The van der Waals surface area contributed by atoms with E-state index in [1.54, 1.807) is 6.92 Å². The summed E-state index contributed by atoms with van der Waals surface area (Å²) in [5.74, 6) is -0.972. The molecule has 0 aliphatic rings. The van der Waals surface area contributed by atoms with Gasteiger partial charge in [-0.25, -0.2) is 0 Å². The van der Waals surface area contributed by atoms with Crippen LogP contribution < -0.4 is 5.32 Å². The lowest BCUT2D eigenvalue weighted by molar-refractivity contribution is -0.154. The number of hydrogen-bond donors (Lipinski definition) is 1. The summed E-state index contributed by atoms with van der Waals surface area (Å²) in [6.45, 7) is 7.25. The van der Waals surface area contributed by atoms with Crippen molar-refractivity contribution < 1.29 is 18.0 Å². The summed E-state index contributed by atoms with van der Waals surface area (Å²) in [6, 6.07) is -0.280. The second kappa shape index (κ2) is 4.19. The first-order chi connectivity index (χ1) is 6.02. The van der Waals surface area contributed by atoms with Gasteiger partial charge in [-0.2, -0.15) is 13.2 Å². The van der Waals surface area contributed by atoms with Crippen LogP contribution in [0.15, 0.2) is 0 Å². The summed E-state index contributed by atoms with van der Waals surface area (Å²) < 4.78 is 35.4. The van der Waals surface area contributed by atoms with Gasteiger partial charge in [-0.05, 0) is 12.3 Å². The Balaban J connectivity index is 4.09. The molecule has 0 aliphatic carbocycles. The summed E-state index contributed by atoms with van der Waals surface area (Å²) >= 11 is 0. The van der Waals surface area contributed by atoms with E-state index in [-0.39, 0.29) is 11.5 Å². The van der Waals surface area contributed by atoms with Crippen molar-refractivity contribution in [3.63, 3.8) is 0 Å². The Morgan fingerprint density at radius 3 is 2.00 bits per heavy atom. The molecule has 0 aromatic rings. The van der Waals surface area contributed by atoms with E-state index in [1.165, 1.54) is 0 Å². The standard InChI is InChI=1S/C9H16F3NO/c1-6(8(2,3)4)13-7(14)5-9(10,11)12/h6H,5H2,1-4H3,(H,13,14)/t6-/m0/s1. The van der Waals surface area contributed by atoms with Gasteiger partial charge in [0.05, 0.1) is 0 Å². The van der Waals surface area contributed by atoms with Crippen LogP contribution in [0.4, 0.5) is 13.2 Å². The van der Waals surface area contributed by atoms with E-state index in [0.29, 0.717) is 0 Å². The van der Waals surface area contributed by atoms with Crippen molar-refractivity contribution in [1.82, 2.24) is 5.32 Å². The van der Waals surface area contributed by atoms with Crippen molar-refractivity contribution >= 4 is 5.91 Å². The molecule has 0 aromatic heterocycles. The third kappa shape index (κ3) is 5.83. The summed E-state index contributed by atoms with van der Waals surface area (Å²) in [5.41, 5.74) is -0.235. The van der Waals surface area contributed by atoms with Gasteiger partial charge in [-0.3, -0.25) is 4.79 Å². The number of hydrogen-bond acceptors (Lipinski definition) is 1. The molecule has 0 heterocycles. The molecule has 0 fully saturated rings. The van der Waals surface area contributed by atoms with E-state index in [1.807, 2.05) is 20.8 Å². The third-order valence-corrected chi connectivity index (χ3v) is 2.04. The largest absolute Gasteiger partial charge is 0.397 e. The number of halogens is 3. The molecule has 1 atom stereocenters. The molecule has 1 amide bonds. The third-order valence-electron chi connectivity index (χ3n) is 2.04. The summed E-state index contributed by atoms with van der Waals surface area (Å²) in [7, 11) is 0. The molecule has 0 spiro atoms. The fourth-order valence-electron chi connectivity index (χ4n) is 0.691. The topological polar surface area (TPSA) is 29.1 Å². The van der Waals surface area contributed by atoms with Gasteiger partial charge in [0.25, 0.3) is 0 Å². The first-order valence-corrected chi connectivity index (χ1v) is 4.38. The highest BCUT2D eigenvalue weighted by atomic mass is 19.4. The second-order valence-electron chi connectivity index (χ2n) is 4.45. The van der Waals surface area contributed by atoms with Gasteiger partial charge in [-0.1, -0.05) is 20.8 Å². The highest BCUT2D eigenvalue weighted by Gasteiger charge is 2.32. The molecule has 0 saturated carbocycles. The molecular formula is C9H16F3NO. The van der Waals surface area contributed by atoms with Crippen molar-refractivity contribution in [3.8, 4) is 0 Å². The average molecular weight is 211 g/mol. The molecule has 0 unspecified atom stereocenters. The quantitative estimate of drug-likeness (QED) is 0.747. The van der Waals surface area contributed by atoms with Crippen LogP contribution in [0, 0.1) is 5.41 Å². The van der Waals surface area contributed by atoms with E-state index in [2.05, 4.69) is 5.32 Å². The molecule has 0 rings (SSSR count). The molecule has 0 aliphatic heterocycles. The number of rotatable bonds is 2. The Morgan fingerprint density at radius 1 is 1.29 bits per heavy atom. The Hall–Kier alpha value is -0.740. The van der Waals surface area contributed by atoms with Gasteiger partial charge < -0.3 is 5.32 Å². The summed E-state index contributed by atoms with van der Waals surface area (Å²) in [5, 5.41) is 2.32. The monoisotopic (exact) mass is 211 g/mol. The normalized spacial score (nSPS) is 15.1. The molecule has 84 valence electrons. The van der Waals surface area contributed by atoms with Gasteiger partial charge in [-0.15, -0.1) is 0 Å². The predicted molar refractivity (Wildman–Crippen MR) is 47.7 cm³/mol. The molecule has 0 saturated heterocycles. The van der Waals surface area contributed by atoms with Crippen LogP contribution in [0.2, 0.25) is 0 Å². The van der Waals surface area contributed by atoms with Crippen molar-refractivity contribution in [2.75, 3.05) is 0 Å². The zero-order chi connectivity index (χ0) is 11.6. The van der Waals surface area contributed by atoms with E-state index in [9.17, 15) is 18.0 Å². The molecular weight excluding hydrogens is 195 g/mol. The van der Waals surface area contributed by atoms with E-state index >= 15 is 0 Å². The minimum absolute atomic E-state index is 0.235. The van der Waals surface area contributed by atoms with E-state index in [0.717, 1.165) is 0 Å². The Kier molecular flexibility index (Phi) is 3.97. The average Bonchev–Trinajstić information content (AvgIpc) is 1.79. The molecule has 0 aromatic carbocycles. The predicted octanol–water partition coefficient (Wildman–Crippen LogP) is 2.49. The van der Waals surface area contributed by atoms with Crippen LogP contribution in [-0.2, 0) is 4.79 Å². The van der Waals surface area contributed by atoms with Crippen LogP contribution in [0.1, 0.15) is 34.1 Å². The van der Waals surface area contributed by atoms with Crippen LogP contribution in [0.3, 0.4) is 0 Å². The number of carbonyl (C=O) groups is 1. The zero-order valence-corrected chi connectivity index (χ0v) is 8.83. The smallest absolute Gasteiger partial charge is 0.353 e. The molecule has 1 N–H and O–H groups in total. The molecule has 0 bridgehead atoms. The van der Waals surface area contributed by atoms with Gasteiger partial charge >= 0.3 is 6.18 Å². The minimum Gasteiger partial charge on any atom is -0.353 e. The highest BCUT2D eigenvalue weighted by molar-refractivity contribution is 5.76. The fraction of sp³-hybridized carbons (Fsp3) is 0.889. The van der Waals surface area contributed by atoms with Crippen molar-refractivity contribution in [2.45, 2.75) is 46.3 Å². The lowest BCUT2D eigenvalue weighted by atomic mass is 9.88. The van der Waals surface area contributed by atoms with Crippen LogP contribution in [0.25, 0.3) is 0 Å². The maximum atomic E-state index is 11.8. The van der Waals surface area contributed by atoms with Crippen LogP contribution in [-0.4, -0.2) is 18.1 Å². The molecule has 5 heteroatoms. The number of amides is 1. The Labute approximate surface area is 81.9 Å². The lowest BCUT2D eigenvalue weighted by Crippen LogP contribution is -2.42. The molecule has 2 nitrogen and oxygen atoms in total. The van der Waals surface area contributed by atoms with E-state index < -0.39 is 18.5 Å². The maximum absolute atomic E-state index is 11.8. The van der Waals surface area contributed by atoms with Crippen LogP contribution in [0.5, 0.6) is 0 Å². The number of carbonyl (C=O) groups excluding carboxylic acids is 1. The zero-order valence-electron chi connectivity index (χ0n) is 8.83. The van der Waals surface area contributed by atoms with Gasteiger partial charge in [0.2, 0.25) is 5.91 Å². The van der Waals surface area contributed by atoms with Crippen molar-refractivity contribution in [2.24, 2.45) is 5.41 Å².